The van der Waals surface area contributed by atoms with E-state index >= 15 is 0 Å². The van der Waals surface area contributed by atoms with Gasteiger partial charge in [0.1, 0.15) is 5.76 Å². The van der Waals surface area contributed by atoms with Gasteiger partial charge in [-0.15, -0.1) is 24.0 Å². The Kier molecular flexibility index (Phi) is 8.17. The second-order valence-corrected chi connectivity index (χ2v) is 3.16. The van der Waals surface area contributed by atoms with Gasteiger partial charge in [-0.3, -0.25) is 4.99 Å². The van der Waals surface area contributed by atoms with Crippen molar-refractivity contribution >= 4 is 35.9 Å². The quantitative estimate of drug-likeness (QED) is 0.364. The maximum Gasteiger partial charge on any atom is 0.374 e. The summed E-state index contributed by atoms with van der Waals surface area (Å²) in [7, 11) is 3.44. The van der Waals surface area contributed by atoms with E-state index in [4.69, 9.17) is 9.15 Å². The molecule has 0 saturated heterocycles. The van der Waals surface area contributed by atoms with E-state index in [2.05, 4.69) is 15.6 Å². The molecule has 0 bridgehead atoms. The SMILES string of the molecule is CCOC(=O)c1ccc(CNC(=NC)NC)o1.I. The third-order valence-electron chi connectivity index (χ3n) is 2.03. The third kappa shape index (κ3) is 4.94. The Balaban J connectivity index is 0.00000289. The molecule has 0 amide bonds. The molecule has 18 heavy (non-hydrogen) atoms. The number of esters is 1. The van der Waals surface area contributed by atoms with E-state index in [0.717, 1.165) is 0 Å². The second kappa shape index (κ2) is 8.78. The van der Waals surface area contributed by atoms with Gasteiger partial charge in [0.25, 0.3) is 0 Å². The Morgan fingerprint density at radius 3 is 2.78 bits per heavy atom. The standard InChI is InChI=1S/C11H17N3O3.HI/c1-4-16-10(15)9-6-5-8(17-9)7-14-11(12-2)13-3;/h5-6H,4,7H2,1-3H3,(H2,12,13,14);1H. The summed E-state index contributed by atoms with van der Waals surface area (Å²) in [6.45, 7) is 2.53. The zero-order chi connectivity index (χ0) is 12.7. The molecular weight excluding hydrogens is 349 g/mol. The van der Waals surface area contributed by atoms with Crippen molar-refractivity contribution in [1.29, 1.82) is 0 Å². The highest BCUT2D eigenvalue weighted by molar-refractivity contribution is 14.0. The Morgan fingerprint density at radius 2 is 2.22 bits per heavy atom. The topological polar surface area (TPSA) is 75.9 Å². The van der Waals surface area contributed by atoms with Gasteiger partial charge >= 0.3 is 5.97 Å². The largest absolute Gasteiger partial charge is 0.460 e. The third-order valence-corrected chi connectivity index (χ3v) is 2.03. The summed E-state index contributed by atoms with van der Waals surface area (Å²) in [5.41, 5.74) is 0. The van der Waals surface area contributed by atoms with Crippen LogP contribution >= 0.6 is 24.0 Å². The zero-order valence-corrected chi connectivity index (χ0v) is 13.0. The van der Waals surface area contributed by atoms with Gasteiger partial charge in [0, 0.05) is 14.1 Å². The molecule has 0 saturated carbocycles. The van der Waals surface area contributed by atoms with Gasteiger partial charge in [-0.25, -0.2) is 4.79 Å². The number of nitrogens with zero attached hydrogens (tertiary/aromatic N) is 1. The van der Waals surface area contributed by atoms with Crippen LogP contribution in [0.1, 0.15) is 23.2 Å². The normalized spacial score (nSPS) is 10.5. The number of carbonyl (C=O) groups is 1. The Morgan fingerprint density at radius 1 is 1.50 bits per heavy atom. The minimum Gasteiger partial charge on any atom is -0.460 e. The molecule has 0 aliphatic rings. The lowest BCUT2D eigenvalue weighted by Crippen LogP contribution is -2.33. The Bertz CT molecular complexity index is 404. The van der Waals surface area contributed by atoms with Gasteiger partial charge in [-0.1, -0.05) is 0 Å². The number of ether oxygens (including phenoxy) is 1. The van der Waals surface area contributed by atoms with Crippen molar-refractivity contribution in [1.82, 2.24) is 10.6 Å². The maximum atomic E-state index is 11.3. The number of hydrogen-bond acceptors (Lipinski definition) is 4. The number of hydrogen-bond donors (Lipinski definition) is 2. The van der Waals surface area contributed by atoms with E-state index in [1.165, 1.54) is 0 Å². The molecule has 0 unspecified atom stereocenters. The molecule has 1 aromatic heterocycles. The molecule has 6 nitrogen and oxygen atoms in total. The van der Waals surface area contributed by atoms with Crippen molar-refractivity contribution in [2.75, 3.05) is 20.7 Å². The summed E-state index contributed by atoms with van der Waals surface area (Å²) in [6, 6.07) is 3.32. The molecule has 0 radical (unpaired) electrons. The summed E-state index contributed by atoms with van der Waals surface area (Å²) < 4.78 is 10.1. The molecule has 1 heterocycles. The summed E-state index contributed by atoms with van der Waals surface area (Å²) in [6.07, 6.45) is 0. The Labute approximate surface area is 123 Å². The van der Waals surface area contributed by atoms with Crippen molar-refractivity contribution in [3.8, 4) is 0 Å². The molecule has 0 fully saturated rings. The molecule has 0 aliphatic heterocycles. The van der Waals surface area contributed by atoms with Gasteiger partial charge in [-0.05, 0) is 19.1 Å². The van der Waals surface area contributed by atoms with Crippen LogP contribution in [0.25, 0.3) is 0 Å². The van der Waals surface area contributed by atoms with Crippen LogP contribution in [0.2, 0.25) is 0 Å². The van der Waals surface area contributed by atoms with Crippen LogP contribution in [-0.2, 0) is 11.3 Å². The molecule has 7 heteroatoms. The fourth-order valence-corrected chi connectivity index (χ4v) is 1.23. The molecule has 2 N–H and O–H groups in total. The first-order valence-corrected chi connectivity index (χ1v) is 5.35. The predicted molar refractivity (Wildman–Crippen MR) is 79.3 cm³/mol. The maximum absolute atomic E-state index is 11.3. The van der Waals surface area contributed by atoms with Crippen LogP contribution in [0.15, 0.2) is 21.5 Å². The first-order chi connectivity index (χ1) is 8.21. The van der Waals surface area contributed by atoms with Crippen LogP contribution < -0.4 is 10.6 Å². The molecule has 0 atom stereocenters. The average molecular weight is 367 g/mol. The number of guanidine groups is 1. The molecule has 0 spiro atoms. The summed E-state index contributed by atoms with van der Waals surface area (Å²) in [5, 5.41) is 5.89. The number of aliphatic imine (C=N–C) groups is 1. The number of rotatable bonds is 4. The molecular formula is C11H18IN3O3. The Hall–Kier alpha value is -1.25. The smallest absolute Gasteiger partial charge is 0.374 e. The van der Waals surface area contributed by atoms with Crippen LogP contribution in [0.3, 0.4) is 0 Å². The molecule has 0 aromatic carbocycles. The monoisotopic (exact) mass is 367 g/mol. The van der Waals surface area contributed by atoms with Gasteiger partial charge in [0.15, 0.2) is 5.96 Å². The van der Waals surface area contributed by atoms with Gasteiger partial charge in [0.2, 0.25) is 5.76 Å². The van der Waals surface area contributed by atoms with E-state index in [-0.39, 0.29) is 29.7 Å². The van der Waals surface area contributed by atoms with Crippen LogP contribution in [-0.4, -0.2) is 32.6 Å². The summed E-state index contributed by atoms with van der Waals surface area (Å²) >= 11 is 0. The number of nitrogens with one attached hydrogen (secondary N) is 2. The second-order valence-electron chi connectivity index (χ2n) is 3.16. The van der Waals surface area contributed by atoms with Crippen molar-refractivity contribution in [2.45, 2.75) is 13.5 Å². The fraction of sp³-hybridized carbons (Fsp3) is 0.455. The van der Waals surface area contributed by atoms with Crippen LogP contribution in [0.5, 0.6) is 0 Å². The summed E-state index contributed by atoms with van der Waals surface area (Å²) in [4.78, 5) is 15.3. The van der Waals surface area contributed by atoms with E-state index in [9.17, 15) is 4.79 Å². The summed E-state index contributed by atoms with van der Waals surface area (Å²) in [5.74, 6) is 1.06. The lowest BCUT2D eigenvalue weighted by Gasteiger charge is -2.05. The molecule has 1 aromatic rings. The van der Waals surface area contributed by atoms with Crippen molar-refractivity contribution in [2.24, 2.45) is 4.99 Å². The van der Waals surface area contributed by atoms with E-state index in [1.807, 2.05) is 0 Å². The lowest BCUT2D eigenvalue weighted by atomic mass is 10.4. The zero-order valence-electron chi connectivity index (χ0n) is 10.6. The first-order valence-electron chi connectivity index (χ1n) is 5.35. The molecule has 0 aliphatic carbocycles. The van der Waals surface area contributed by atoms with E-state index in [0.29, 0.717) is 24.9 Å². The minimum atomic E-state index is -0.447. The minimum absolute atomic E-state index is 0. The predicted octanol–water partition coefficient (Wildman–Crippen LogP) is 1.37. The highest BCUT2D eigenvalue weighted by Gasteiger charge is 2.11. The van der Waals surface area contributed by atoms with Crippen LogP contribution in [0.4, 0.5) is 0 Å². The van der Waals surface area contributed by atoms with Gasteiger partial charge < -0.3 is 19.8 Å². The first kappa shape index (κ1) is 16.8. The number of halogens is 1. The van der Waals surface area contributed by atoms with Crippen molar-refractivity contribution in [3.05, 3.63) is 23.7 Å². The van der Waals surface area contributed by atoms with Gasteiger partial charge in [-0.2, -0.15) is 0 Å². The van der Waals surface area contributed by atoms with Crippen molar-refractivity contribution in [3.63, 3.8) is 0 Å². The van der Waals surface area contributed by atoms with E-state index < -0.39 is 5.97 Å². The highest BCUT2D eigenvalue weighted by Crippen LogP contribution is 2.08. The number of furan rings is 1. The fourth-order valence-electron chi connectivity index (χ4n) is 1.23. The average Bonchev–Trinajstić information content (AvgIpc) is 2.79. The van der Waals surface area contributed by atoms with Crippen LogP contribution in [0, 0.1) is 0 Å². The van der Waals surface area contributed by atoms with Gasteiger partial charge in [0.05, 0.1) is 13.2 Å². The molecule has 1 rings (SSSR count). The highest BCUT2D eigenvalue weighted by atomic mass is 127. The van der Waals surface area contributed by atoms with E-state index in [1.54, 1.807) is 33.2 Å². The van der Waals surface area contributed by atoms with Crippen molar-refractivity contribution < 1.29 is 13.9 Å². The molecule has 102 valence electrons. The lowest BCUT2D eigenvalue weighted by molar-refractivity contribution is 0.0488. The number of carbonyl (C=O) groups excluding carboxylic acids is 1.